The normalized spacial score (nSPS) is 12.1. The molecule has 0 aliphatic heterocycles. The first kappa shape index (κ1) is 20.5. The van der Waals surface area contributed by atoms with E-state index in [4.69, 9.17) is 5.73 Å². The number of anilines is 1. The highest BCUT2D eigenvalue weighted by molar-refractivity contribution is 5.96. The predicted molar refractivity (Wildman–Crippen MR) is 105 cm³/mol. The summed E-state index contributed by atoms with van der Waals surface area (Å²) in [6.07, 6.45) is 2.80. The van der Waals surface area contributed by atoms with Gasteiger partial charge in [0.1, 0.15) is 17.5 Å². The van der Waals surface area contributed by atoms with Gasteiger partial charge in [0, 0.05) is 11.5 Å². The number of carbonyl (C=O) groups is 1. The van der Waals surface area contributed by atoms with E-state index in [-0.39, 0.29) is 5.69 Å². The minimum Gasteiger partial charge on any atom is -0.323 e. The molecule has 0 fully saturated rings. The summed E-state index contributed by atoms with van der Waals surface area (Å²) in [6, 6.07) is 10.1. The molecule has 1 heterocycles. The van der Waals surface area contributed by atoms with Gasteiger partial charge in [-0.15, -0.1) is 0 Å². The Morgan fingerprint density at radius 1 is 0.966 bits per heavy atom. The summed E-state index contributed by atoms with van der Waals surface area (Å²) < 4.78 is 40.7. The van der Waals surface area contributed by atoms with Gasteiger partial charge < -0.3 is 11.1 Å². The highest BCUT2D eigenvalue weighted by atomic mass is 19.1. The average molecular weight is 399 g/mol. The minimum atomic E-state index is -1.10. The van der Waals surface area contributed by atoms with E-state index in [0.29, 0.717) is 23.1 Å². The van der Waals surface area contributed by atoms with Crippen LogP contribution < -0.4 is 11.1 Å². The summed E-state index contributed by atoms with van der Waals surface area (Å²) in [6.45, 7) is 1.76. The van der Waals surface area contributed by atoms with Gasteiger partial charge in [0.2, 0.25) is 5.91 Å². The molecule has 3 rings (SSSR count). The van der Waals surface area contributed by atoms with Crippen molar-refractivity contribution in [3.05, 3.63) is 95.1 Å². The Morgan fingerprint density at radius 3 is 1.97 bits per heavy atom. The van der Waals surface area contributed by atoms with Crippen LogP contribution in [-0.4, -0.2) is 16.9 Å². The number of nitrogens with zero attached hydrogens (tertiary/aromatic N) is 1. The zero-order valence-corrected chi connectivity index (χ0v) is 15.7. The van der Waals surface area contributed by atoms with E-state index in [2.05, 4.69) is 10.3 Å². The second-order valence-corrected chi connectivity index (χ2v) is 6.60. The van der Waals surface area contributed by atoms with Crippen molar-refractivity contribution in [1.29, 1.82) is 0 Å². The fourth-order valence-electron chi connectivity index (χ4n) is 3.24. The number of aromatic nitrogens is 1. The molecule has 3 aromatic rings. The Labute approximate surface area is 166 Å². The summed E-state index contributed by atoms with van der Waals surface area (Å²) in [5.74, 6) is -2.60. The van der Waals surface area contributed by atoms with E-state index in [1.54, 1.807) is 6.92 Å². The second-order valence-electron chi connectivity index (χ2n) is 6.60. The largest absolute Gasteiger partial charge is 0.323 e. The lowest BCUT2D eigenvalue weighted by molar-refractivity contribution is -0.117. The zero-order chi connectivity index (χ0) is 21.0. The van der Waals surface area contributed by atoms with Crippen molar-refractivity contribution in [2.24, 2.45) is 5.73 Å². The van der Waals surface area contributed by atoms with Gasteiger partial charge in [-0.2, -0.15) is 0 Å². The molecule has 4 nitrogen and oxygen atoms in total. The monoisotopic (exact) mass is 399 g/mol. The molecule has 2 aromatic carbocycles. The predicted octanol–water partition coefficient (Wildman–Crippen LogP) is 4.16. The Kier molecular flexibility index (Phi) is 6.29. The van der Waals surface area contributed by atoms with E-state index >= 15 is 0 Å². The maximum Gasteiger partial charge on any atom is 0.242 e. The summed E-state index contributed by atoms with van der Waals surface area (Å²) in [7, 11) is 0. The van der Waals surface area contributed by atoms with Crippen LogP contribution >= 0.6 is 0 Å². The van der Waals surface area contributed by atoms with E-state index in [0.717, 1.165) is 6.20 Å². The molecule has 1 unspecified atom stereocenters. The lowest BCUT2D eigenvalue weighted by Gasteiger charge is -2.25. The number of carbonyl (C=O) groups excluding carboxylic acids is 1. The lowest BCUT2D eigenvalue weighted by Crippen LogP contribution is -2.41. The molecule has 0 saturated carbocycles. The Bertz CT molecular complexity index is 946. The van der Waals surface area contributed by atoms with E-state index in [1.807, 2.05) is 0 Å². The van der Waals surface area contributed by atoms with Crippen LogP contribution in [0.15, 0.2) is 60.9 Å². The fraction of sp³-hybridized carbons (Fsp3) is 0.182. The first-order valence-electron chi connectivity index (χ1n) is 9.10. The standard InChI is InChI=1S/C22H20F3N3O/c1-2-17-18(25)11-27-12-19(17)28-22(29)21(26)20(13-3-7-15(23)8-4-13)14-5-9-16(24)10-6-14/h3-12,20-21H,2,26H2,1H3,(H,28,29). The quantitative estimate of drug-likeness (QED) is 0.654. The molecule has 0 bridgehead atoms. The highest BCUT2D eigenvalue weighted by Gasteiger charge is 2.28. The molecule has 1 atom stereocenters. The van der Waals surface area contributed by atoms with Gasteiger partial charge in [0.15, 0.2) is 0 Å². The lowest BCUT2D eigenvalue weighted by atomic mass is 9.85. The van der Waals surface area contributed by atoms with Crippen molar-refractivity contribution in [2.45, 2.75) is 25.3 Å². The van der Waals surface area contributed by atoms with Gasteiger partial charge in [-0.25, -0.2) is 13.2 Å². The van der Waals surface area contributed by atoms with Gasteiger partial charge in [-0.05, 0) is 41.8 Å². The number of hydrogen-bond acceptors (Lipinski definition) is 3. The van der Waals surface area contributed by atoms with Gasteiger partial charge in [0.05, 0.1) is 24.1 Å². The van der Waals surface area contributed by atoms with Gasteiger partial charge >= 0.3 is 0 Å². The fourth-order valence-corrected chi connectivity index (χ4v) is 3.24. The molecule has 0 saturated heterocycles. The van der Waals surface area contributed by atoms with Crippen molar-refractivity contribution in [2.75, 3.05) is 5.32 Å². The number of halogens is 3. The Hall–Kier alpha value is -3.19. The van der Waals surface area contributed by atoms with Crippen LogP contribution in [0, 0.1) is 17.5 Å². The number of nitrogens with two attached hydrogens (primary N) is 1. The molecule has 0 spiro atoms. The van der Waals surface area contributed by atoms with Crippen LogP contribution in [0.1, 0.15) is 29.5 Å². The maximum absolute atomic E-state index is 14.0. The molecule has 3 N–H and O–H groups in total. The van der Waals surface area contributed by atoms with Crippen molar-refractivity contribution < 1.29 is 18.0 Å². The SMILES string of the molecule is CCc1c(F)cncc1NC(=O)C(N)C(c1ccc(F)cc1)c1ccc(F)cc1. The summed E-state index contributed by atoms with van der Waals surface area (Å²) in [5.41, 5.74) is 8.01. The summed E-state index contributed by atoms with van der Waals surface area (Å²) >= 11 is 0. The smallest absolute Gasteiger partial charge is 0.242 e. The molecule has 0 radical (unpaired) electrons. The van der Waals surface area contributed by atoms with Gasteiger partial charge in [0.25, 0.3) is 0 Å². The third-order valence-corrected chi connectivity index (χ3v) is 4.74. The van der Waals surface area contributed by atoms with Crippen LogP contribution in [0.3, 0.4) is 0 Å². The molecular weight excluding hydrogens is 379 g/mol. The van der Waals surface area contributed by atoms with Crippen molar-refractivity contribution in [3.8, 4) is 0 Å². The van der Waals surface area contributed by atoms with Crippen LogP contribution in [0.2, 0.25) is 0 Å². The van der Waals surface area contributed by atoms with Gasteiger partial charge in [-0.1, -0.05) is 31.2 Å². The first-order valence-corrected chi connectivity index (χ1v) is 9.10. The molecule has 0 aliphatic rings. The Morgan fingerprint density at radius 2 is 1.48 bits per heavy atom. The topological polar surface area (TPSA) is 68.0 Å². The Balaban J connectivity index is 1.95. The molecule has 150 valence electrons. The number of rotatable bonds is 6. The van der Waals surface area contributed by atoms with Crippen molar-refractivity contribution >= 4 is 11.6 Å². The highest BCUT2D eigenvalue weighted by Crippen LogP contribution is 2.29. The number of pyridine rings is 1. The summed E-state index contributed by atoms with van der Waals surface area (Å²) in [5, 5.41) is 2.63. The van der Waals surface area contributed by atoms with Crippen LogP contribution in [0.4, 0.5) is 18.9 Å². The second kappa shape index (κ2) is 8.87. The molecule has 7 heteroatoms. The van der Waals surface area contributed by atoms with Crippen LogP contribution in [-0.2, 0) is 11.2 Å². The first-order chi connectivity index (χ1) is 13.9. The molecule has 0 aliphatic carbocycles. The molecule has 29 heavy (non-hydrogen) atoms. The number of benzene rings is 2. The van der Waals surface area contributed by atoms with Gasteiger partial charge in [-0.3, -0.25) is 9.78 Å². The third kappa shape index (κ3) is 4.63. The van der Waals surface area contributed by atoms with Crippen molar-refractivity contribution in [3.63, 3.8) is 0 Å². The molecule has 1 amide bonds. The number of nitrogens with one attached hydrogen (secondary N) is 1. The van der Waals surface area contributed by atoms with E-state index < -0.39 is 35.3 Å². The minimum absolute atomic E-state index is 0.241. The molecule has 1 aromatic heterocycles. The van der Waals surface area contributed by atoms with Crippen molar-refractivity contribution in [1.82, 2.24) is 4.98 Å². The van der Waals surface area contributed by atoms with Crippen LogP contribution in [0.5, 0.6) is 0 Å². The van der Waals surface area contributed by atoms with E-state index in [1.165, 1.54) is 54.7 Å². The zero-order valence-electron chi connectivity index (χ0n) is 15.7. The summed E-state index contributed by atoms with van der Waals surface area (Å²) in [4.78, 5) is 16.7. The third-order valence-electron chi connectivity index (χ3n) is 4.74. The average Bonchev–Trinajstić information content (AvgIpc) is 2.71. The maximum atomic E-state index is 14.0. The van der Waals surface area contributed by atoms with Crippen LogP contribution in [0.25, 0.3) is 0 Å². The number of hydrogen-bond donors (Lipinski definition) is 2. The molecular formula is C22H20F3N3O. The van der Waals surface area contributed by atoms with E-state index in [9.17, 15) is 18.0 Å². The number of amides is 1.